The number of aryl methyl sites for hydroxylation is 1. The van der Waals surface area contributed by atoms with Crippen molar-refractivity contribution in [1.82, 2.24) is 4.98 Å². The second kappa shape index (κ2) is 5.65. The van der Waals surface area contributed by atoms with Crippen LogP contribution in [0.2, 0.25) is 0 Å². The standard InChI is InChI=1S/C14H16F2N2S/c1-4-18(5-2)12-7-6-10(13(15)14(12)16)11-8-19-9(3)17-11/h6-8H,4-5H2,1-3H3. The molecule has 2 nitrogen and oxygen atoms in total. The predicted molar refractivity (Wildman–Crippen MR) is 75.8 cm³/mol. The van der Waals surface area contributed by atoms with Crippen LogP contribution in [0.1, 0.15) is 18.9 Å². The van der Waals surface area contributed by atoms with E-state index in [0.717, 1.165) is 5.01 Å². The summed E-state index contributed by atoms with van der Waals surface area (Å²) in [6.07, 6.45) is 0. The lowest BCUT2D eigenvalue weighted by atomic mass is 10.1. The first kappa shape index (κ1) is 13.9. The number of benzene rings is 1. The molecular formula is C14H16F2N2S. The maximum Gasteiger partial charge on any atom is 0.182 e. The van der Waals surface area contributed by atoms with Gasteiger partial charge in [-0.25, -0.2) is 13.8 Å². The molecule has 0 aliphatic carbocycles. The lowest BCUT2D eigenvalue weighted by Crippen LogP contribution is -2.23. The van der Waals surface area contributed by atoms with Crippen molar-refractivity contribution in [2.24, 2.45) is 0 Å². The van der Waals surface area contributed by atoms with Gasteiger partial charge in [-0.05, 0) is 32.9 Å². The van der Waals surface area contributed by atoms with Crippen LogP contribution in [0.5, 0.6) is 0 Å². The average molecular weight is 282 g/mol. The molecule has 2 aromatic rings. The van der Waals surface area contributed by atoms with E-state index in [9.17, 15) is 8.78 Å². The van der Waals surface area contributed by atoms with E-state index in [2.05, 4.69) is 4.98 Å². The van der Waals surface area contributed by atoms with Crippen molar-refractivity contribution in [3.05, 3.63) is 34.2 Å². The number of anilines is 1. The van der Waals surface area contributed by atoms with Gasteiger partial charge in [-0.3, -0.25) is 0 Å². The van der Waals surface area contributed by atoms with Gasteiger partial charge < -0.3 is 4.90 Å². The van der Waals surface area contributed by atoms with Crippen LogP contribution in [0.4, 0.5) is 14.5 Å². The second-order valence-corrected chi connectivity index (χ2v) is 5.25. The number of aromatic nitrogens is 1. The van der Waals surface area contributed by atoms with Gasteiger partial charge in [0, 0.05) is 24.0 Å². The number of rotatable bonds is 4. The fourth-order valence-electron chi connectivity index (χ4n) is 2.03. The molecule has 0 radical (unpaired) electrons. The van der Waals surface area contributed by atoms with E-state index >= 15 is 0 Å². The van der Waals surface area contributed by atoms with Crippen LogP contribution in [0.3, 0.4) is 0 Å². The van der Waals surface area contributed by atoms with E-state index in [0.29, 0.717) is 24.5 Å². The van der Waals surface area contributed by atoms with Crippen LogP contribution in [-0.4, -0.2) is 18.1 Å². The largest absolute Gasteiger partial charge is 0.370 e. The summed E-state index contributed by atoms with van der Waals surface area (Å²) in [5.41, 5.74) is 1.01. The van der Waals surface area contributed by atoms with E-state index in [4.69, 9.17) is 0 Å². The summed E-state index contributed by atoms with van der Waals surface area (Å²) in [6, 6.07) is 3.22. The van der Waals surface area contributed by atoms with Gasteiger partial charge in [0.1, 0.15) is 0 Å². The Hall–Kier alpha value is -1.49. The lowest BCUT2D eigenvalue weighted by molar-refractivity contribution is 0.509. The van der Waals surface area contributed by atoms with Crippen molar-refractivity contribution in [2.45, 2.75) is 20.8 Å². The van der Waals surface area contributed by atoms with Crippen molar-refractivity contribution in [2.75, 3.05) is 18.0 Å². The molecule has 0 fully saturated rings. The van der Waals surface area contributed by atoms with Crippen molar-refractivity contribution in [3.8, 4) is 11.3 Å². The molecule has 5 heteroatoms. The summed E-state index contributed by atoms with van der Waals surface area (Å²) in [7, 11) is 0. The molecular weight excluding hydrogens is 266 g/mol. The monoisotopic (exact) mass is 282 g/mol. The zero-order valence-electron chi connectivity index (χ0n) is 11.2. The molecule has 0 spiro atoms. The summed E-state index contributed by atoms with van der Waals surface area (Å²) in [4.78, 5) is 5.98. The van der Waals surface area contributed by atoms with Gasteiger partial charge in [0.25, 0.3) is 0 Å². The molecule has 2 rings (SSSR count). The minimum Gasteiger partial charge on any atom is -0.370 e. The Morgan fingerprint density at radius 3 is 2.37 bits per heavy atom. The van der Waals surface area contributed by atoms with E-state index < -0.39 is 11.6 Å². The highest BCUT2D eigenvalue weighted by Gasteiger charge is 2.18. The van der Waals surface area contributed by atoms with Gasteiger partial charge in [0.15, 0.2) is 11.6 Å². The van der Waals surface area contributed by atoms with Crippen LogP contribution in [0.25, 0.3) is 11.3 Å². The topological polar surface area (TPSA) is 16.1 Å². The Bertz CT molecular complexity index is 577. The van der Waals surface area contributed by atoms with Crippen LogP contribution in [0.15, 0.2) is 17.5 Å². The van der Waals surface area contributed by atoms with E-state index in [1.165, 1.54) is 11.3 Å². The number of halogens is 2. The zero-order chi connectivity index (χ0) is 14.0. The maximum absolute atomic E-state index is 14.2. The normalized spacial score (nSPS) is 10.8. The fraction of sp³-hybridized carbons (Fsp3) is 0.357. The van der Waals surface area contributed by atoms with Gasteiger partial charge in [-0.15, -0.1) is 11.3 Å². The summed E-state index contributed by atoms with van der Waals surface area (Å²) in [6.45, 7) is 6.95. The Morgan fingerprint density at radius 1 is 1.16 bits per heavy atom. The van der Waals surface area contributed by atoms with Crippen molar-refractivity contribution in [1.29, 1.82) is 0 Å². The molecule has 0 saturated carbocycles. The molecule has 0 N–H and O–H groups in total. The SMILES string of the molecule is CCN(CC)c1ccc(-c2csc(C)n2)c(F)c1F. The smallest absolute Gasteiger partial charge is 0.182 e. The molecule has 0 bridgehead atoms. The van der Waals surface area contributed by atoms with Crippen molar-refractivity contribution >= 4 is 17.0 Å². The number of nitrogens with zero attached hydrogens (tertiary/aromatic N) is 2. The predicted octanol–water partition coefficient (Wildman–Crippen LogP) is 4.24. The van der Waals surface area contributed by atoms with E-state index in [1.54, 1.807) is 22.4 Å². The Morgan fingerprint density at radius 2 is 1.84 bits per heavy atom. The first-order valence-electron chi connectivity index (χ1n) is 6.23. The third kappa shape index (κ3) is 2.61. The molecule has 1 aromatic carbocycles. The summed E-state index contributed by atoms with van der Waals surface area (Å²) >= 11 is 1.42. The van der Waals surface area contributed by atoms with Crippen LogP contribution < -0.4 is 4.90 Å². The summed E-state index contributed by atoms with van der Waals surface area (Å²) in [5.74, 6) is -1.62. The molecule has 1 aromatic heterocycles. The Labute approximate surface area is 115 Å². The zero-order valence-corrected chi connectivity index (χ0v) is 12.0. The molecule has 0 amide bonds. The van der Waals surface area contributed by atoms with Gasteiger partial charge >= 0.3 is 0 Å². The first-order chi connectivity index (χ1) is 9.08. The van der Waals surface area contributed by atoms with Crippen LogP contribution >= 0.6 is 11.3 Å². The highest BCUT2D eigenvalue weighted by atomic mass is 32.1. The van der Waals surface area contributed by atoms with E-state index in [1.807, 2.05) is 20.8 Å². The Balaban J connectivity index is 2.48. The van der Waals surface area contributed by atoms with Crippen LogP contribution in [0, 0.1) is 18.6 Å². The van der Waals surface area contributed by atoms with Gasteiger partial charge in [0.2, 0.25) is 0 Å². The molecule has 102 valence electrons. The number of hydrogen-bond donors (Lipinski definition) is 0. The average Bonchev–Trinajstić information content (AvgIpc) is 2.82. The van der Waals surface area contributed by atoms with Crippen LogP contribution in [-0.2, 0) is 0 Å². The van der Waals surface area contributed by atoms with Gasteiger partial charge in [-0.1, -0.05) is 0 Å². The third-order valence-corrected chi connectivity index (χ3v) is 3.83. The molecule has 0 aliphatic heterocycles. The molecule has 0 aliphatic rings. The number of thiazole rings is 1. The lowest BCUT2D eigenvalue weighted by Gasteiger charge is -2.22. The quantitative estimate of drug-likeness (QED) is 0.833. The minimum atomic E-state index is -0.824. The third-order valence-electron chi connectivity index (χ3n) is 3.06. The first-order valence-corrected chi connectivity index (χ1v) is 7.11. The summed E-state index contributed by atoms with van der Waals surface area (Å²) in [5, 5.41) is 2.58. The second-order valence-electron chi connectivity index (χ2n) is 4.18. The van der Waals surface area contributed by atoms with Crippen molar-refractivity contribution < 1.29 is 8.78 Å². The highest BCUT2D eigenvalue weighted by Crippen LogP contribution is 2.30. The molecule has 0 saturated heterocycles. The fourth-order valence-corrected chi connectivity index (χ4v) is 2.65. The molecule has 0 atom stereocenters. The number of hydrogen-bond acceptors (Lipinski definition) is 3. The summed E-state index contributed by atoms with van der Waals surface area (Å²) < 4.78 is 28.3. The Kier molecular flexibility index (Phi) is 4.14. The highest BCUT2D eigenvalue weighted by molar-refractivity contribution is 7.09. The minimum absolute atomic E-state index is 0.220. The molecule has 1 heterocycles. The van der Waals surface area contributed by atoms with Crippen molar-refractivity contribution in [3.63, 3.8) is 0 Å². The molecule has 0 unspecified atom stereocenters. The van der Waals surface area contributed by atoms with Gasteiger partial charge in [-0.2, -0.15) is 0 Å². The van der Waals surface area contributed by atoms with Gasteiger partial charge in [0.05, 0.1) is 16.4 Å². The maximum atomic E-state index is 14.2. The van der Waals surface area contributed by atoms with E-state index in [-0.39, 0.29) is 5.56 Å². The molecule has 19 heavy (non-hydrogen) atoms.